The number of rotatable bonds is 7. The summed E-state index contributed by atoms with van der Waals surface area (Å²) in [6.45, 7) is 5.42. The standard InChI is InChI=1S/C22H22N4O3/c1-14(2)29-19-10-8-18(9-11-19)26-22(28)20-12-21(24-13-23-20)25-17-6-4-16(5-7-17)15(3)27/h4-14H,1-3H3,(H,26,28)(H,23,24,25). The van der Waals surface area contributed by atoms with E-state index in [4.69, 9.17) is 4.74 Å². The van der Waals surface area contributed by atoms with Crippen LogP contribution in [-0.2, 0) is 0 Å². The number of nitrogens with zero attached hydrogens (tertiary/aromatic N) is 2. The highest BCUT2D eigenvalue weighted by Gasteiger charge is 2.10. The molecular weight excluding hydrogens is 368 g/mol. The van der Waals surface area contributed by atoms with Crippen LogP contribution in [0.2, 0.25) is 0 Å². The van der Waals surface area contributed by atoms with Crippen molar-refractivity contribution in [2.75, 3.05) is 10.6 Å². The minimum Gasteiger partial charge on any atom is -0.491 e. The maximum Gasteiger partial charge on any atom is 0.274 e. The zero-order valence-corrected chi connectivity index (χ0v) is 16.5. The van der Waals surface area contributed by atoms with Crippen molar-refractivity contribution in [3.63, 3.8) is 0 Å². The molecule has 0 bridgehead atoms. The summed E-state index contributed by atoms with van der Waals surface area (Å²) in [6, 6.07) is 15.7. The van der Waals surface area contributed by atoms with Crippen molar-refractivity contribution in [3.8, 4) is 5.75 Å². The predicted octanol–water partition coefficient (Wildman–Crippen LogP) is 4.46. The van der Waals surface area contributed by atoms with E-state index in [9.17, 15) is 9.59 Å². The van der Waals surface area contributed by atoms with Crippen LogP contribution >= 0.6 is 0 Å². The fourth-order valence-corrected chi connectivity index (χ4v) is 2.57. The molecule has 2 N–H and O–H groups in total. The van der Waals surface area contributed by atoms with E-state index in [2.05, 4.69) is 20.6 Å². The van der Waals surface area contributed by atoms with Crippen LogP contribution in [0.1, 0.15) is 41.6 Å². The normalized spacial score (nSPS) is 10.5. The van der Waals surface area contributed by atoms with Gasteiger partial charge in [0.25, 0.3) is 5.91 Å². The molecule has 0 radical (unpaired) electrons. The second-order valence-electron chi connectivity index (χ2n) is 6.69. The van der Waals surface area contributed by atoms with Crippen molar-refractivity contribution in [3.05, 3.63) is 72.2 Å². The summed E-state index contributed by atoms with van der Waals surface area (Å²) in [4.78, 5) is 32.0. The third-order valence-electron chi connectivity index (χ3n) is 3.95. The van der Waals surface area contributed by atoms with Crippen molar-refractivity contribution < 1.29 is 14.3 Å². The summed E-state index contributed by atoms with van der Waals surface area (Å²) >= 11 is 0. The maximum atomic E-state index is 12.5. The van der Waals surface area contributed by atoms with E-state index in [1.807, 2.05) is 13.8 Å². The minimum absolute atomic E-state index is 0.00124. The second-order valence-corrected chi connectivity index (χ2v) is 6.69. The monoisotopic (exact) mass is 390 g/mol. The van der Waals surface area contributed by atoms with Gasteiger partial charge in [-0.2, -0.15) is 0 Å². The van der Waals surface area contributed by atoms with Gasteiger partial charge in [-0.3, -0.25) is 9.59 Å². The van der Waals surface area contributed by atoms with Crippen LogP contribution < -0.4 is 15.4 Å². The molecule has 7 heteroatoms. The summed E-state index contributed by atoms with van der Waals surface area (Å²) in [6.07, 6.45) is 1.40. The number of benzene rings is 2. The fourth-order valence-electron chi connectivity index (χ4n) is 2.57. The highest BCUT2D eigenvalue weighted by Crippen LogP contribution is 2.19. The molecule has 0 aliphatic carbocycles. The number of anilines is 3. The van der Waals surface area contributed by atoms with Gasteiger partial charge in [0.1, 0.15) is 23.6 Å². The molecular formula is C22H22N4O3. The zero-order chi connectivity index (χ0) is 20.8. The highest BCUT2D eigenvalue weighted by molar-refractivity contribution is 6.03. The van der Waals surface area contributed by atoms with Gasteiger partial charge in [-0.1, -0.05) is 0 Å². The molecule has 0 saturated carbocycles. The number of amides is 1. The van der Waals surface area contributed by atoms with E-state index in [1.165, 1.54) is 13.3 Å². The van der Waals surface area contributed by atoms with Crippen molar-refractivity contribution in [1.82, 2.24) is 9.97 Å². The second kappa shape index (κ2) is 8.97. The van der Waals surface area contributed by atoms with Crippen LogP contribution in [0, 0.1) is 0 Å². The molecule has 0 unspecified atom stereocenters. The van der Waals surface area contributed by atoms with Crippen LogP contribution in [0.3, 0.4) is 0 Å². The molecule has 7 nitrogen and oxygen atoms in total. The average molecular weight is 390 g/mol. The number of hydrogen-bond acceptors (Lipinski definition) is 6. The number of carbonyl (C=O) groups is 2. The fraction of sp³-hybridized carbons (Fsp3) is 0.182. The summed E-state index contributed by atoms with van der Waals surface area (Å²) in [5, 5.41) is 5.90. The lowest BCUT2D eigenvalue weighted by molar-refractivity contribution is 0.101. The summed E-state index contributed by atoms with van der Waals surface area (Å²) in [7, 11) is 0. The van der Waals surface area contributed by atoms with Crippen molar-refractivity contribution in [2.45, 2.75) is 26.9 Å². The summed E-state index contributed by atoms with van der Waals surface area (Å²) in [5.74, 6) is 0.866. The molecule has 29 heavy (non-hydrogen) atoms. The molecule has 1 heterocycles. The van der Waals surface area contributed by atoms with Gasteiger partial charge in [0.15, 0.2) is 5.78 Å². The van der Waals surface area contributed by atoms with Gasteiger partial charge >= 0.3 is 0 Å². The number of ketones is 1. The first kappa shape index (κ1) is 20.0. The first-order valence-electron chi connectivity index (χ1n) is 9.19. The van der Waals surface area contributed by atoms with E-state index < -0.39 is 0 Å². The van der Waals surface area contributed by atoms with Crippen LogP contribution in [0.25, 0.3) is 0 Å². The molecule has 3 rings (SSSR count). The summed E-state index contributed by atoms with van der Waals surface area (Å²) in [5.41, 5.74) is 2.24. The Balaban J connectivity index is 1.66. The first-order chi connectivity index (χ1) is 13.9. The lowest BCUT2D eigenvalue weighted by Gasteiger charge is -2.11. The van der Waals surface area contributed by atoms with Crippen LogP contribution in [0.4, 0.5) is 17.2 Å². The van der Waals surface area contributed by atoms with Gasteiger partial charge in [-0.25, -0.2) is 9.97 Å². The largest absolute Gasteiger partial charge is 0.491 e. The Kier molecular flexibility index (Phi) is 6.19. The van der Waals surface area contributed by atoms with Crippen molar-refractivity contribution >= 4 is 28.9 Å². The SMILES string of the molecule is CC(=O)c1ccc(Nc2cc(C(=O)Nc3ccc(OC(C)C)cc3)ncn2)cc1. The molecule has 0 spiro atoms. The van der Waals surface area contributed by atoms with Crippen LogP contribution in [0.5, 0.6) is 5.75 Å². The Morgan fingerprint density at radius 3 is 2.21 bits per heavy atom. The molecule has 2 aromatic carbocycles. The maximum absolute atomic E-state index is 12.5. The quantitative estimate of drug-likeness (QED) is 0.579. The zero-order valence-electron chi connectivity index (χ0n) is 16.5. The van der Waals surface area contributed by atoms with Gasteiger partial charge in [0.2, 0.25) is 0 Å². The molecule has 1 amide bonds. The van der Waals surface area contributed by atoms with Crippen LogP contribution in [0.15, 0.2) is 60.9 Å². The minimum atomic E-state index is -0.347. The third kappa shape index (κ3) is 5.62. The highest BCUT2D eigenvalue weighted by atomic mass is 16.5. The third-order valence-corrected chi connectivity index (χ3v) is 3.95. The number of nitrogens with one attached hydrogen (secondary N) is 2. The summed E-state index contributed by atoms with van der Waals surface area (Å²) < 4.78 is 5.59. The number of carbonyl (C=O) groups excluding carboxylic acids is 2. The van der Waals surface area contributed by atoms with Gasteiger partial charge in [0, 0.05) is 23.0 Å². The molecule has 0 atom stereocenters. The number of Topliss-reactive ketones (excluding diaryl/α,β-unsaturated/α-hetero) is 1. The van der Waals surface area contributed by atoms with Crippen LogP contribution in [-0.4, -0.2) is 27.8 Å². The van der Waals surface area contributed by atoms with E-state index in [0.717, 1.165) is 11.4 Å². The number of aromatic nitrogens is 2. The van der Waals surface area contributed by atoms with E-state index in [-0.39, 0.29) is 23.5 Å². The average Bonchev–Trinajstić information content (AvgIpc) is 2.70. The Hall–Kier alpha value is -3.74. The van der Waals surface area contributed by atoms with Gasteiger partial charge in [0.05, 0.1) is 6.10 Å². The van der Waals surface area contributed by atoms with E-state index >= 15 is 0 Å². The Morgan fingerprint density at radius 1 is 0.931 bits per heavy atom. The molecule has 1 aromatic heterocycles. The lowest BCUT2D eigenvalue weighted by atomic mass is 10.1. The van der Waals surface area contributed by atoms with E-state index in [1.54, 1.807) is 54.6 Å². The van der Waals surface area contributed by atoms with Gasteiger partial charge in [-0.05, 0) is 69.3 Å². The Morgan fingerprint density at radius 2 is 1.59 bits per heavy atom. The molecule has 148 valence electrons. The molecule has 0 aliphatic rings. The smallest absolute Gasteiger partial charge is 0.274 e. The molecule has 3 aromatic rings. The topological polar surface area (TPSA) is 93.2 Å². The number of ether oxygens (including phenoxy) is 1. The van der Waals surface area contributed by atoms with Crippen molar-refractivity contribution in [1.29, 1.82) is 0 Å². The Bertz CT molecular complexity index is 999. The first-order valence-corrected chi connectivity index (χ1v) is 9.19. The van der Waals surface area contributed by atoms with Crippen molar-refractivity contribution in [2.24, 2.45) is 0 Å². The molecule has 0 saturated heterocycles. The van der Waals surface area contributed by atoms with E-state index in [0.29, 0.717) is 17.1 Å². The lowest BCUT2D eigenvalue weighted by Crippen LogP contribution is -2.14. The van der Waals surface area contributed by atoms with Gasteiger partial charge < -0.3 is 15.4 Å². The van der Waals surface area contributed by atoms with Gasteiger partial charge in [-0.15, -0.1) is 0 Å². The molecule has 0 aliphatic heterocycles. The predicted molar refractivity (Wildman–Crippen MR) is 112 cm³/mol. The molecule has 0 fully saturated rings. The Labute approximate surface area is 169 Å². The number of hydrogen-bond donors (Lipinski definition) is 2.